The van der Waals surface area contributed by atoms with Gasteiger partial charge in [-0.2, -0.15) is 0 Å². The van der Waals surface area contributed by atoms with Crippen molar-refractivity contribution in [1.29, 1.82) is 0 Å². The number of aryl methyl sites for hydroxylation is 1. The van der Waals surface area contributed by atoms with Gasteiger partial charge >= 0.3 is 5.97 Å². The molecule has 1 fully saturated rings. The number of aliphatic carboxylic acids is 1. The molecule has 0 radical (unpaired) electrons. The largest absolute Gasteiger partial charge is 0.480 e. The van der Waals surface area contributed by atoms with Crippen LogP contribution in [0.5, 0.6) is 0 Å². The zero-order chi connectivity index (χ0) is 14.9. The van der Waals surface area contributed by atoms with Crippen molar-refractivity contribution in [3.63, 3.8) is 0 Å². The molecule has 1 aromatic rings. The highest BCUT2D eigenvalue weighted by atomic mass is 35.5. The minimum Gasteiger partial charge on any atom is -0.480 e. The number of hydrogen-bond donors (Lipinski definition) is 1. The SMILES string of the molecule is Cc1ccc(C(=O)N2CCCC(C)C2C(=O)O)c(Cl)c1. The van der Waals surface area contributed by atoms with E-state index in [4.69, 9.17) is 11.6 Å². The van der Waals surface area contributed by atoms with Crippen molar-refractivity contribution in [3.8, 4) is 0 Å². The van der Waals surface area contributed by atoms with Crippen molar-refractivity contribution in [2.24, 2.45) is 5.92 Å². The Bertz CT molecular complexity index is 544. The zero-order valence-corrected chi connectivity index (χ0v) is 12.4. The van der Waals surface area contributed by atoms with Gasteiger partial charge in [0.2, 0.25) is 0 Å². The quantitative estimate of drug-likeness (QED) is 0.912. The Morgan fingerprint density at radius 2 is 2.10 bits per heavy atom. The zero-order valence-electron chi connectivity index (χ0n) is 11.6. The molecule has 20 heavy (non-hydrogen) atoms. The maximum Gasteiger partial charge on any atom is 0.326 e. The van der Waals surface area contributed by atoms with Crippen LogP contribution < -0.4 is 0 Å². The highest BCUT2D eigenvalue weighted by Crippen LogP contribution is 2.27. The molecule has 0 aliphatic carbocycles. The Labute approximate surface area is 123 Å². The van der Waals surface area contributed by atoms with Crippen molar-refractivity contribution < 1.29 is 14.7 Å². The lowest BCUT2D eigenvalue weighted by Gasteiger charge is -2.37. The summed E-state index contributed by atoms with van der Waals surface area (Å²) in [5, 5.41) is 9.73. The second-order valence-corrected chi connectivity index (χ2v) is 5.79. The number of amides is 1. The highest BCUT2D eigenvalue weighted by molar-refractivity contribution is 6.34. The van der Waals surface area contributed by atoms with Crippen molar-refractivity contribution >= 4 is 23.5 Å². The molecule has 0 bridgehead atoms. The number of nitrogens with zero attached hydrogens (tertiary/aromatic N) is 1. The van der Waals surface area contributed by atoms with Crippen LogP contribution in [-0.2, 0) is 4.79 Å². The normalized spacial score (nSPS) is 22.6. The summed E-state index contributed by atoms with van der Waals surface area (Å²) in [6.07, 6.45) is 1.64. The number of carbonyl (C=O) groups is 2. The number of halogens is 1. The number of piperidine rings is 1. The second-order valence-electron chi connectivity index (χ2n) is 5.38. The molecule has 108 valence electrons. The third kappa shape index (κ3) is 2.80. The van der Waals surface area contributed by atoms with E-state index in [0.717, 1.165) is 18.4 Å². The smallest absolute Gasteiger partial charge is 0.326 e. The molecule has 1 saturated heterocycles. The molecule has 2 rings (SSSR count). The lowest BCUT2D eigenvalue weighted by molar-refractivity contribution is -0.145. The van der Waals surface area contributed by atoms with Crippen LogP contribution in [-0.4, -0.2) is 34.5 Å². The summed E-state index contributed by atoms with van der Waals surface area (Å²) in [6, 6.07) is 4.42. The van der Waals surface area contributed by atoms with Gasteiger partial charge in [-0.3, -0.25) is 4.79 Å². The van der Waals surface area contributed by atoms with Crippen molar-refractivity contribution in [2.75, 3.05) is 6.54 Å². The van der Waals surface area contributed by atoms with E-state index in [1.807, 2.05) is 19.9 Å². The minimum atomic E-state index is -0.950. The average molecular weight is 296 g/mol. The van der Waals surface area contributed by atoms with Crippen LogP contribution in [0.3, 0.4) is 0 Å². The molecule has 1 heterocycles. The topological polar surface area (TPSA) is 57.6 Å². The monoisotopic (exact) mass is 295 g/mol. The molecular formula is C15H18ClNO3. The number of hydrogen-bond acceptors (Lipinski definition) is 2. The first-order chi connectivity index (χ1) is 9.41. The fraction of sp³-hybridized carbons (Fsp3) is 0.467. The Hall–Kier alpha value is -1.55. The number of carboxylic acid groups (broad SMARTS) is 1. The number of benzene rings is 1. The molecule has 2 atom stereocenters. The van der Waals surface area contributed by atoms with Gasteiger partial charge in [-0.1, -0.05) is 24.6 Å². The molecule has 0 saturated carbocycles. The second kappa shape index (κ2) is 5.83. The van der Waals surface area contributed by atoms with Crippen LogP contribution in [0.15, 0.2) is 18.2 Å². The fourth-order valence-corrected chi connectivity index (χ4v) is 3.06. The molecule has 4 nitrogen and oxygen atoms in total. The molecule has 2 unspecified atom stereocenters. The molecule has 1 aliphatic rings. The standard InChI is InChI=1S/C15H18ClNO3/c1-9-5-6-11(12(16)8-9)14(18)17-7-3-4-10(2)13(17)15(19)20/h5-6,8,10,13H,3-4,7H2,1-2H3,(H,19,20). The van der Waals surface area contributed by atoms with Crippen molar-refractivity contribution in [2.45, 2.75) is 32.7 Å². The first-order valence-corrected chi connectivity index (χ1v) is 7.09. The predicted molar refractivity (Wildman–Crippen MR) is 77.0 cm³/mol. The Kier molecular flexibility index (Phi) is 4.33. The van der Waals surface area contributed by atoms with Gasteiger partial charge in [-0.25, -0.2) is 4.79 Å². The van der Waals surface area contributed by atoms with Crippen molar-refractivity contribution in [3.05, 3.63) is 34.3 Å². The molecule has 5 heteroatoms. The summed E-state index contributed by atoms with van der Waals surface area (Å²) in [5.41, 5.74) is 1.34. The Balaban J connectivity index is 2.33. The summed E-state index contributed by atoms with van der Waals surface area (Å²) in [4.78, 5) is 25.4. The fourth-order valence-electron chi connectivity index (χ4n) is 2.74. The van der Waals surface area contributed by atoms with E-state index >= 15 is 0 Å². The van der Waals surface area contributed by atoms with E-state index in [1.165, 1.54) is 4.90 Å². The molecule has 0 spiro atoms. The van der Waals surface area contributed by atoms with E-state index in [1.54, 1.807) is 12.1 Å². The highest BCUT2D eigenvalue weighted by Gasteiger charge is 2.37. The average Bonchev–Trinajstić information content (AvgIpc) is 2.37. The molecule has 1 aromatic carbocycles. The van der Waals surface area contributed by atoms with Crippen molar-refractivity contribution in [1.82, 2.24) is 4.90 Å². The summed E-state index contributed by atoms with van der Waals surface area (Å²) in [5.74, 6) is -1.29. The van der Waals surface area contributed by atoms with E-state index < -0.39 is 12.0 Å². The minimum absolute atomic E-state index is 0.0468. The molecule has 0 aromatic heterocycles. The van der Waals surface area contributed by atoms with Gasteiger partial charge in [0.15, 0.2) is 0 Å². The van der Waals surface area contributed by atoms with E-state index in [2.05, 4.69) is 0 Å². The van der Waals surface area contributed by atoms with Crippen LogP contribution in [0, 0.1) is 12.8 Å². The number of carboxylic acids is 1. The first kappa shape index (κ1) is 14.9. The predicted octanol–water partition coefficient (Wildman–Crippen LogP) is 2.97. The number of rotatable bonds is 2. The summed E-state index contributed by atoms with van der Waals surface area (Å²) < 4.78 is 0. The van der Waals surface area contributed by atoms with Crippen LogP contribution in [0.2, 0.25) is 5.02 Å². The third-order valence-electron chi connectivity index (χ3n) is 3.80. The van der Waals surface area contributed by atoms with Gasteiger partial charge in [0.05, 0.1) is 10.6 Å². The van der Waals surface area contributed by atoms with E-state index in [9.17, 15) is 14.7 Å². The van der Waals surface area contributed by atoms with E-state index in [0.29, 0.717) is 17.1 Å². The van der Waals surface area contributed by atoms with Crippen LogP contribution in [0.1, 0.15) is 35.7 Å². The van der Waals surface area contributed by atoms with Gasteiger partial charge in [0, 0.05) is 6.54 Å². The van der Waals surface area contributed by atoms with Gasteiger partial charge in [-0.15, -0.1) is 0 Å². The molecule has 1 aliphatic heterocycles. The lowest BCUT2D eigenvalue weighted by Crippen LogP contribution is -2.52. The van der Waals surface area contributed by atoms with Crippen LogP contribution >= 0.6 is 11.6 Å². The summed E-state index contributed by atoms with van der Waals surface area (Å²) >= 11 is 6.11. The van der Waals surface area contributed by atoms with Crippen LogP contribution in [0.4, 0.5) is 0 Å². The maximum atomic E-state index is 12.6. The van der Waals surface area contributed by atoms with Gasteiger partial charge in [-0.05, 0) is 43.4 Å². The maximum absolute atomic E-state index is 12.6. The third-order valence-corrected chi connectivity index (χ3v) is 4.11. The molecule has 1 amide bonds. The van der Waals surface area contributed by atoms with Gasteiger partial charge < -0.3 is 10.0 Å². The summed E-state index contributed by atoms with van der Waals surface area (Å²) in [6.45, 7) is 4.22. The Morgan fingerprint density at radius 3 is 2.70 bits per heavy atom. The molecule has 1 N–H and O–H groups in total. The van der Waals surface area contributed by atoms with E-state index in [-0.39, 0.29) is 11.8 Å². The molecular weight excluding hydrogens is 278 g/mol. The van der Waals surface area contributed by atoms with Gasteiger partial charge in [0.1, 0.15) is 6.04 Å². The number of likely N-dealkylation sites (tertiary alicyclic amines) is 1. The Morgan fingerprint density at radius 1 is 1.40 bits per heavy atom. The van der Waals surface area contributed by atoms with Crippen LogP contribution in [0.25, 0.3) is 0 Å². The first-order valence-electron chi connectivity index (χ1n) is 6.71. The summed E-state index contributed by atoms with van der Waals surface area (Å²) in [7, 11) is 0. The lowest BCUT2D eigenvalue weighted by atomic mass is 9.90. The van der Waals surface area contributed by atoms with Gasteiger partial charge in [0.25, 0.3) is 5.91 Å². The number of carbonyl (C=O) groups excluding carboxylic acids is 1.